The number of piperazine rings is 1. The van der Waals surface area contributed by atoms with Crippen molar-refractivity contribution in [3.05, 3.63) is 55.9 Å². The minimum absolute atomic E-state index is 0.190. The Morgan fingerprint density at radius 3 is 2.62 bits per heavy atom. The number of nitrogens with zero attached hydrogens (tertiary/aromatic N) is 1. The minimum Gasteiger partial charge on any atom is -0.314 e. The van der Waals surface area contributed by atoms with Crippen LogP contribution in [-0.2, 0) is 0 Å². The molecule has 6 heteroatoms. The number of thiophene rings is 1. The molecular weight excluding hydrogens is 330 g/mol. The third kappa shape index (κ3) is 3.10. The molecule has 0 bridgehead atoms. The maximum Gasteiger partial charge on any atom is 0.129 e. The Morgan fingerprint density at radius 1 is 1.19 bits per heavy atom. The molecule has 1 N–H and O–H groups in total. The lowest BCUT2D eigenvalue weighted by Gasteiger charge is -2.35. The summed E-state index contributed by atoms with van der Waals surface area (Å²) in [4.78, 5) is 2.25. The van der Waals surface area contributed by atoms with E-state index in [-0.39, 0.29) is 11.9 Å². The van der Waals surface area contributed by atoms with Crippen molar-refractivity contribution in [2.75, 3.05) is 26.2 Å². The number of hydrogen-bond donors (Lipinski definition) is 1. The zero-order valence-electron chi connectivity index (χ0n) is 11.3. The summed E-state index contributed by atoms with van der Waals surface area (Å²) in [6, 6.07) is 4.73. The van der Waals surface area contributed by atoms with E-state index < -0.39 is 0 Å². The normalized spacial score (nSPS) is 17.9. The molecule has 2 nitrogen and oxygen atoms in total. The molecular formula is C15H15Cl2FN2S. The van der Waals surface area contributed by atoms with Crippen LogP contribution in [0.2, 0.25) is 10.0 Å². The highest BCUT2D eigenvalue weighted by Gasteiger charge is 2.29. The highest BCUT2D eigenvalue weighted by atomic mass is 35.5. The number of rotatable bonds is 3. The smallest absolute Gasteiger partial charge is 0.129 e. The molecule has 1 saturated heterocycles. The molecule has 0 saturated carbocycles. The Labute approximate surface area is 137 Å². The molecule has 1 aromatic carbocycles. The average Bonchev–Trinajstić information content (AvgIpc) is 3.02. The Hall–Kier alpha value is -0.650. The summed E-state index contributed by atoms with van der Waals surface area (Å²) in [5, 5.41) is 8.06. The van der Waals surface area contributed by atoms with Crippen LogP contribution in [-0.4, -0.2) is 31.1 Å². The average molecular weight is 345 g/mol. The van der Waals surface area contributed by atoms with Gasteiger partial charge in [-0.1, -0.05) is 23.2 Å². The second-order valence-corrected chi connectivity index (χ2v) is 6.57. The Balaban J connectivity index is 2.09. The molecule has 1 aliphatic heterocycles. The van der Waals surface area contributed by atoms with Gasteiger partial charge in [0.1, 0.15) is 5.82 Å². The maximum atomic E-state index is 14.4. The number of benzene rings is 1. The fourth-order valence-corrected chi connectivity index (χ4v) is 3.82. The summed E-state index contributed by atoms with van der Waals surface area (Å²) in [5.74, 6) is -0.306. The van der Waals surface area contributed by atoms with Crippen LogP contribution in [0.1, 0.15) is 17.2 Å². The standard InChI is InChI=1S/C15H15Cl2FN2S/c16-11-1-2-12(18)13(14(11)17)15(10-3-8-21-9-10)20-6-4-19-5-7-20/h1-3,8-9,15,19H,4-7H2/t15-/m1/s1. The molecule has 1 atom stereocenters. The van der Waals surface area contributed by atoms with Crippen LogP contribution < -0.4 is 5.32 Å². The Kier molecular flexibility index (Phi) is 4.82. The summed E-state index contributed by atoms with van der Waals surface area (Å²) in [6.45, 7) is 3.48. The van der Waals surface area contributed by atoms with Crippen LogP contribution in [0.5, 0.6) is 0 Å². The van der Waals surface area contributed by atoms with E-state index in [1.165, 1.54) is 12.1 Å². The Morgan fingerprint density at radius 2 is 1.95 bits per heavy atom. The van der Waals surface area contributed by atoms with Crippen molar-refractivity contribution < 1.29 is 4.39 Å². The SMILES string of the molecule is Fc1ccc(Cl)c(Cl)c1[C@@H](c1ccsc1)N1CCNCC1. The highest BCUT2D eigenvalue weighted by molar-refractivity contribution is 7.08. The van der Waals surface area contributed by atoms with E-state index in [9.17, 15) is 4.39 Å². The largest absolute Gasteiger partial charge is 0.314 e. The highest BCUT2D eigenvalue weighted by Crippen LogP contribution is 2.39. The first-order chi connectivity index (χ1) is 10.2. The molecule has 0 amide bonds. The number of hydrogen-bond acceptors (Lipinski definition) is 3. The first-order valence-corrected chi connectivity index (χ1v) is 8.48. The number of halogens is 3. The second kappa shape index (κ2) is 6.63. The van der Waals surface area contributed by atoms with Gasteiger partial charge in [-0.05, 0) is 34.5 Å². The zero-order valence-corrected chi connectivity index (χ0v) is 13.6. The lowest BCUT2D eigenvalue weighted by atomic mass is 9.98. The molecule has 0 radical (unpaired) electrons. The third-order valence-electron chi connectivity index (χ3n) is 3.73. The van der Waals surface area contributed by atoms with Crippen molar-refractivity contribution in [3.63, 3.8) is 0 Å². The van der Waals surface area contributed by atoms with Gasteiger partial charge in [-0.3, -0.25) is 4.90 Å². The van der Waals surface area contributed by atoms with Gasteiger partial charge in [0.05, 0.1) is 16.1 Å². The quantitative estimate of drug-likeness (QED) is 0.840. The summed E-state index contributed by atoms with van der Waals surface area (Å²) in [7, 11) is 0. The van der Waals surface area contributed by atoms with Gasteiger partial charge in [0.15, 0.2) is 0 Å². The van der Waals surface area contributed by atoms with Crippen LogP contribution in [0.25, 0.3) is 0 Å². The monoisotopic (exact) mass is 344 g/mol. The van der Waals surface area contributed by atoms with E-state index in [2.05, 4.69) is 10.2 Å². The fraction of sp³-hybridized carbons (Fsp3) is 0.333. The van der Waals surface area contributed by atoms with Crippen LogP contribution in [0.3, 0.4) is 0 Å². The van der Waals surface area contributed by atoms with Crippen molar-refractivity contribution in [2.24, 2.45) is 0 Å². The van der Waals surface area contributed by atoms with Crippen molar-refractivity contribution >= 4 is 34.5 Å². The van der Waals surface area contributed by atoms with Crippen molar-refractivity contribution in [1.82, 2.24) is 10.2 Å². The van der Waals surface area contributed by atoms with E-state index in [1.807, 2.05) is 16.8 Å². The summed E-state index contributed by atoms with van der Waals surface area (Å²) < 4.78 is 14.4. The van der Waals surface area contributed by atoms with Crippen LogP contribution in [0, 0.1) is 5.82 Å². The molecule has 0 spiro atoms. The van der Waals surface area contributed by atoms with E-state index in [0.29, 0.717) is 15.6 Å². The summed E-state index contributed by atoms with van der Waals surface area (Å²) in [5.41, 5.74) is 1.54. The lowest BCUT2D eigenvalue weighted by Crippen LogP contribution is -2.45. The molecule has 1 aliphatic rings. The third-order valence-corrected chi connectivity index (χ3v) is 5.25. The first-order valence-electron chi connectivity index (χ1n) is 6.78. The molecule has 3 rings (SSSR count). The van der Waals surface area contributed by atoms with E-state index in [1.54, 1.807) is 11.3 Å². The first kappa shape index (κ1) is 15.3. The fourth-order valence-electron chi connectivity index (χ4n) is 2.72. The van der Waals surface area contributed by atoms with Crippen LogP contribution in [0.4, 0.5) is 4.39 Å². The minimum atomic E-state index is -0.306. The molecule has 2 heterocycles. The lowest BCUT2D eigenvalue weighted by molar-refractivity contribution is 0.196. The Bertz CT molecular complexity index is 612. The van der Waals surface area contributed by atoms with Gasteiger partial charge in [-0.15, -0.1) is 0 Å². The maximum absolute atomic E-state index is 14.4. The zero-order chi connectivity index (χ0) is 14.8. The predicted octanol–water partition coefficient (Wildman–Crippen LogP) is 4.19. The summed E-state index contributed by atoms with van der Waals surface area (Å²) >= 11 is 14.0. The molecule has 1 aromatic heterocycles. The molecule has 2 aromatic rings. The van der Waals surface area contributed by atoms with Gasteiger partial charge >= 0.3 is 0 Å². The number of nitrogens with one attached hydrogen (secondary N) is 1. The van der Waals surface area contributed by atoms with E-state index in [4.69, 9.17) is 23.2 Å². The molecule has 0 unspecified atom stereocenters. The van der Waals surface area contributed by atoms with Gasteiger partial charge < -0.3 is 5.32 Å². The van der Waals surface area contributed by atoms with Crippen LogP contribution in [0.15, 0.2) is 29.0 Å². The molecule has 1 fully saturated rings. The van der Waals surface area contributed by atoms with E-state index >= 15 is 0 Å². The predicted molar refractivity (Wildman–Crippen MR) is 87.0 cm³/mol. The topological polar surface area (TPSA) is 15.3 Å². The van der Waals surface area contributed by atoms with Crippen molar-refractivity contribution in [1.29, 1.82) is 0 Å². The summed E-state index contributed by atoms with van der Waals surface area (Å²) in [6.07, 6.45) is 0. The van der Waals surface area contributed by atoms with Crippen molar-refractivity contribution in [3.8, 4) is 0 Å². The van der Waals surface area contributed by atoms with Gasteiger partial charge in [-0.25, -0.2) is 4.39 Å². The van der Waals surface area contributed by atoms with Gasteiger partial charge in [0.2, 0.25) is 0 Å². The van der Waals surface area contributed by atoms with Gasteiger partial charge in [-0.2, -0.15) is 11.3 Å². The van der Waals surface area contributed by atoms with Gasteiger partial charge in [0.25, 0.3) is 0 Å². The molecule has 0 aliphatic carbocycles. The molecule has 112 valence electrons. The van der Waals surface area contributed by atoms with Gasteiger partial charge in [0, 0.05) is 31.7 Å². The second-order valence-electron chi connectivity index (χ2n) is 5.00. The molecule has 21 heavy (non-hydrogen) atoms. The van der Waals surface area contributed by atoms with E-state index in [0.717, 1.165) is 31.7 Å². The van der Waals surface area contributed by atoms with Crippen molar-refractivity contribution in [2.45, 2.75) is 6.04 Å². The van der Waals surface area contributed by atoms with Crippen LogP contribution >= 0.6 is 34.5 Å².